The lowest BCUT2D eigenvalue weighted by atomic mass is 10.2. The van der Waals surface area contributed by atoms with Crippen LogP contribution in [0, 0.1) is 17.0 Å². The minimum absolute atomic E-state index is 0.0558. The van der Waals surface area contributed by atoms with Crippen LogP contribution in [0.1, 0.15) is 11.1 Å². The number of sulfonamides is 1. The van der Waals surface area contributed by atoms with Gasteiger partial charge in [0.2, 0.25) is 15.9 Å². The first-order valence-corrected chi connectivity index (χ1v) is 11.3. The summed E-state index contributed by atoms with van der Waals surface area (Å²) in [4.78, 5) is 23.1. The number of nitro benzene ring substituents is 1. The first-order valence-electron chi connectivity index (χ1n) is 9.51. The molecule has 0 unspecified atom stereocenters. The van der Waals surface area contributed by atoms with Crippen LogP contribution in [-0.4, -0.2) is 30.1 Å². The molecule has 0 atom stereocenters. The normalized spacial score (nSPS) is 11.3. The van der Waals surface area contributed by atoms with Gasteiger partial charge >= 0.3 is 0 Å². The van der Waals surface area contributed by atoms with Gasteiger partial charge in [-0.1, -0.05) is 47.5 Å². The van der Waals surface area contributed by atoms with Crippen molar-refractivity contribution < 1.29 is 18.1 Å². The third-order valence-electron chi connectivity index (χ3n) is 4.59. The Labute approximate surface area is 190 Å². The monoisotopic (exact) mass is 473 g/mol. The molecule has 0 bridgehead atoms. The molecular weight excluding hydrogens is 454 g/mol. The molecule has 1 N–H and O–H groups in total. The Bertz CT molecular complexity index is 1230. The summed E-state index contributed by atoms with van der Waals surface area (Å²) >= 11 is 5.91. The van der Waals surface area contributed by atoms with Gasteiger partial charge in [-0.2, -0.15) is 4.31 Å². The first kappa shape index (κ1) is 23.4. The maximum Gasteiger partial charge on any atom is 0.271 e. The van der Waals surface area contributed by atoms with Crippen molar-refractivity contribution in [3.05, 3.63) is 99.1 Å². The highest BCUT2D eigenvalue weighted by molar-refractivity contribution is 7.89. The molecule has 0 saturated carbocycles. The summed E-state index contributed by atoms with van der Waals surface area (Å²) < 4.78 is 27.6. The number of carbonyl (C=O) groups is 1. The van der Waals surface area contributed by atoms with E-state index in [1.165, 1.54) is 36.4 Å². The number of rotatable bonds is 8. The fourth-order valence-electron chi connectivity index (χ4n) is 2.94. The van der Waals surface area contributed by atoms with Crippen molar-refractivity contribution in [1.29, 1.82) is 0 Å². The first-order chi connectivity index (χ1) is 15.1. The quantitative estimate of drug-likeness (QED) is 0.385. The molecule has 0 fully saturated rings. The molecule has 0 radical (unpaired) electrons. The summed E-state index contributed by atoms with van der Waals surface area (Å²) in [5.74, 6) is -0.629. The average Bonchev–Trinajstić information content (AvgIpc) is 2.75. The number of benzene rings is 3. The number of aryl methyl sites for hydroxylation is 1. The summed E-state index contributed by atoms with van der Waals surface area (Å²) in [6.07, 6.45) is 0. The smallest absolute Gasteiger partial charge is 0.271 e. The second-order valence-corrected chi connectivity index (χ2v) is 9.44. The van der Waals surface area contributed by atoms with E-state index in [4.69, 9.17) is 11.6 Å². The molecule has 0 heterocycles. The van der Waals surface area contributed by atoms with Gasteiger partial charge in [-0.25, -0.2) is 8.42 Å². The number of carbonyl (C=O) groups excluding carboxylic acids is 1. The van der Waals surface area contributed by atoms with Crippen LogP contribution in [0.4, 0.5) is 11.4 Å². The second-order valence-electron chi connectivity index (χ2n) is 7.07. The number of hydrogen-bond donors (Lipinski definition) is 1. The van der Waals surface area contributed by atoms with Gasteiger partial charge in [0, 0.05) is 29.4 Å². The van der Waals surface area contributed by atoms with E-state index in [1.54, 1.807) is 36.4 Å². The molecule has 0 aromatic heterocycles. The standard InChI is InChI=1S/C22H20ClN3O5S/c1-16-5-11-21(12-6-16)32(30,31)25(14-17-7-9-18(23)10-8-17)15-22(27)24-19-3-2-4-20(13-19)26(28)29/h2-13H,14-15H2,1H3,(H,24,27). The van der Waals surface area contributed by atoms with Gasteiger partial charge in [0.1, 0.15) is 0 Å². The maximum atomic E-state index is 13.3. The zero-order valence-corrected chi connectivity index (χ0v) is 18.6. The molecule has 8 nitrogen and oxygen atoms in total. The number of hydrogen-bond acceptors (Lipinski definition) is 5. The highest BCUT2D eigenvalue weighted by atomic mass is 35.5. The van der Waals surface area contributed by atoms with E-state index < -0.39 is 27.4 Å². The van der Waals surface area contributed by atoms with Crippen molar-refractivity contribution in [3.8, 4) is 0 Å². The summed E-state index contributed by atoms with van der Waals surface area (Å²) in [7, 11) is -4.00. The van der Waals surface area contributed by atoms with Crippen LogP contribution in [0.5, 0.6) is 0 Å². The molecule has 10 heteroatoms. The molecule has 3 aromatic rings. The lowest BCUT2D eigenvalue weighted by Gasteiger charge is -2.22. The molecule has 3 aromatic carbocycles. The molecule has 0 aliphatic heterocycles. The van der Waals surface area contributed by atoms with Crippen LogP contribution in [0.2, 0.25) is 5.02 Å². The van der Waals surface area contributed by atoms with Crippen LogP contribution in [0.15, 0.2) is 77.7 Å². The zero-order chi connectivity index (χ0) is 23.3. The number of nitro groups is 1. The lowest BCUT2D eigenvalue weighted by Crippen LogP contribution is -2.37. The summed E-state index contributed by atoms with van der Waals surface area (Å²) in [5, 5.41) is 14.0. The van der Waals surface area contributed by atoms with Gasteiger partial charge < -0.3 is 5.32 Å². The van der Waals surface area contributed by atoms with Crippen molar-refractivity contribution in [2.45, 2.75) is 18.4 Å². The lowest BCUT2D eigenvalue weighted by molar-refractivity contribution is -0.384. The summed E-state index contributed by atoms with van der Waals surface area (Å²) in [5.41, 5.74) is 1.56. The molecule has 32 heavy (non-hydrogen) atoms. The third kappa shape index (κ3) is 5.91. The highest BCUT2D eigenvalue weighted by Gasteiger charge is 2.27. The maximum absolute atomic E-state index is 13.3. The van der Waals surface area contributed by atoms with Gasteiger partial charge in [-0.3, -0.25) is 14.9 Å². The average molecular weight is 474 g/mol. The number of nitrogens with zero attached hydrogens (tertiary/aromatic N) is 2. The van der Waals surface area contributed by atoms with E-state index >= 15 is 0 Å². The Balaban J connectivity index is 1.87. The van der Waals surface area contributed by atoms with Crippen LogP contribution in [0.3, 0.4) is 0 Å². The Morgan fingerprint density at radius 3 is 2.34 bits per heavy atom. The number of halogens is 1. The number of amides is 1. The Kier molecular flexibility index (Phi) is 7.24. The minimum Gasteiger partial charge on any atom is -0.325 e. The van der Waals surface area contributed by atoms with E-state index in [2.05, 4.69) is 5.32 Å². The Morgan fingerprint density at radius 1 is 1.06 bits per heavy atom. The van der Waals surface area contributed by atoms with E-state index in [9.17, 15) is 23.3 Å². The molecule has 166 valence electrons. The zero-order valence-electron chi connectivity index (χ0n) is 17.1. The fraction of sp³-hybridized carbons (Fsp3) is 0.136. The minimum atomic E-state index is -4.00. The van der Waals surface area contributed by atoms with Gasteiger partial charge in [0.05, 0.1) is 16.4 Å². The van der Waals surface area contributed by atoms with Crippen molar-refractivity contribution in [3.63, 3.8) is 0 Å². The molecule has 0 aliphatic carbocycles. The van der Waals surface area contributed by atoms with Gasteiger partial charge in [-0.15, -0.1) is 0 Å². The number of anilines is 1. The van der Waals surface area contributed by atoms with Crippen LogP contribution >= 0.6 is 11.6 Å². The largest absolute Gasteiger partial charge is 0.325 e. The van der Waals surface area contributed by atoms with Crippen LogP contribution < -0.4 is 5.32 Å². The van der Waals surface area contributed by atoms with Crippen molar-refractivity contribution >= 4 is 38.9 Å². The number of non-ortho nitro benzene ring substituents is 1. The van der Waals surface area contributed by atoms with Crippen molar-refractivity contribution in [2.24, 2.45) is 0 Å². The van der Waals surface area contributed by atoms with Crippen LogP contribution in [-0.2, 0) is 21.4 Å². The van der Waals surface area contributed by atoms with E-state index in [-0.39, 0.29) is 22.8 Å². The molecule has 0 spiro atoms. The predicted molar refractivity (Wildman–Crippen MR) is 122 cm³/mol. The summed E-state index contributed by atoms with van der Waals surface area (Å²) in [6.45, 7) is 1.30. The molecule has 0 saturated heterocycles. The molecule has 0 aliphatic rings. The predicted octanol–water partition coefficient (Wildman–Crippen LogP) is 4.39. The topological polar surface area (TPSA) is 110 Å². The van der Waals surface area contributed by atoms with Gasteiger partial charge in [0.25, 0.3) is 5.69 Å². The van der Waals surface area contributed by atoms with Gasteiger partial charge in [-0.05, 0) is 42.8 Å². The summed E-state index contributed by atoms with van der Waals surface area (Å²) in [6, 6.07) is 18.4. The second kappa shape index (κ2) is 9.90. The van der Waals surface area contributed by atoms with Crippen LogP contribution in [0.25, 0.3) is 0 Å². The fourth-order valence-corrected chi connectivity index (χ4v) is 4.45. The highest BCUT2D eigenvalue weighted by Crippen LogP contribution is 2.21. The molecule has 3 rings (SSSR count). The third-order valence-corrected chi connectivity index (χ3v) is 6.65. The molecule has 1 amide bonds. The van der Waals surface area contributed by atoms with E-state index in [0.29, 0.717) is 10.6 Å². The molecular formula is C22H20ClN3O5S. The Hall–Kier alpha value is -3.27. The SMILES string of the molecule is Cc1ccc(S(=O)(=O)N(CC(=O)Nc2cccc([N+](=O)[O-])c2)Cc2ccc(Cl)cc2)cc1. The van der Waals surface area contributed by atoms with Crippen molar-refractivity contribution in [2.75, 3.05) is 11.9 Å². The Morgan fingerprint density at radius 2 is 1.72 bits per heavy atom. The van der Waals surface area contributed by atoms with Gasteiger partial charge in [0.15, 0.2) is 0 Å². The number of nitrogens with one attached hydrogen (secondary N) is 1. The van der Waals surface area contributed by atoms with E-state index in [0.717, 1.165) is 9.87 Å². The van der Waals surface area contributed by atoms with E-state index in [1.807, 2.05) is 6.92 Å². The van der Waals surface area contributed by atoms with Crippen molar-refractivity contribution in [1.82, 2.24) is 4.31 Å².